The van der Waals surface area contributed by atoms with Crippen molar-refractivity contribution in [3.8, 4) is 11.5 Å². The van der Waals surface area contributed by atoms with Crippen molar-refractivity contribution in [2.45, 2.75) is 72.6 Å². The molecule has 0 spiro atoms. The summed E-state index contributed by atoms with van der Waals surface area (Å²) in [6, 6.07) is 14.9. The Hall–Kier alpha value is -1.81. The van der Waals surface area contributed by atoms with E-state index in [0.717, 1.165) is 50.5 Å². The van der Waals surface area contributed by atoms with Gasteiger partial charge in [-0.1, -0.05) is 45.9 Å². The van der Waals surface area contributed by atoms with Gasteiger partial charge in [-0.3, -0.25) is 0 Å². The molecule has 2 aromatic rings. The fourth-order valence-electron chi connectivity index (χ4n) is 5.40. The fraction of sp³-hybridized carbons (Fsp3) is 0.625. The summed E-state index contributed by atoms with van der Waals surface area (Å²) < 4.78 is 17.4. The lowest BCUT2D eigenvalue weighted by Gasteiger charge is -2.35. The number of hydrogen-bond acceptors (Lipinski definition) is 5. The number of benzene rings is 2. The van der Waals surface area contributed by atoms with Crippen LogP contribution >= 0.6 is 7.72 Å². The van der Waals surface area contributed by atoms with Crippen molar-refractivity contribution in [2.75, 3.05) is 51.1 Å². The van der Waals surface area contributed by atoms with E-state index in [1.165, 1.54) is 29.7 Å². The maximum absolute atomic E-state index is 10.6. The molecule has 2 aromatic carbocycles. The summed E-state index contributed by atoms with van der Waals surface area (Å²) in [5, 5.41) is 0. The first kappa shape index (κ1) is 30.7. The van der Waals surface area contributed by atoms with Crippen molar-refractivity contribution in [3.05, 3.63) is 53.6 Å². The molecule has 1 aliphatic rings. The molecule has 1 aliphatic heterocycles. The summed E-state index contributed by atoms with van der Waals surface area (Å²) >= 11 is 0. The molecule has 1 heterocycles. The van der Waals surface area contributed by atoms with Crippen LogP contribution in [0.5, 0.6) is 11.5 Å². The molecule has 0 saturated carbocycles. The van der Waals surface area contributed by atoms with Gasteiger partial charge >= 0.3 is 0 Å². The van der Waals surface area contributed by atoms with Crippen LogP contribution < -0.4 is 14.4 Å². The number of piperidine rings is 1. The van der Waals surface area contributed by atoms with Gasteiger partial charge in [-0.15, -0.1) is 0 Å². The van der Waals surface area contributed by atoms with Crippen molar-refractivity contribution in [3.63, 3.8) is 0 Å². The number of nitrogens with zero attached hydrogens (tertiary/aromatic N) is 1. The molecule has 6 heteroatoms. The summed E-state index contributed by atoms with van der Waals surface area (Å²) in [6.07, 6.45) is 6.44. The minimum atomic E-state index is -2.32. The lowest BCUT2D eigenvalue weighted by atomic mass is 9.88. The highest BCUT2D eigenvalue weighted by Crippen LogP contribution is 2.54. The van der Waals surface area contributed by atoms with Crippen LogP contribution in [0.3, 0.4) is 0 Å². The molecule has 212 valence electrons. The van der Waals surface area contributed by atoms with Crippen molar-refractivity contribution < 1.29 is 18.9 Å². The quantitative estimate of drug-likeness (QED) is 0.259. The average Bonchev–Trinajstić information content (AvgIpc) is 2.87. The van der Waals surface area contributed by atoms with Crippen LogP contribution in [0.25, 0.3) is 0 Å². The van der Waals surface area contributed by atoms with Gasteiger partial charge in [0.15, 0.2) is 0 Å². The molecule has 5 nitrogen and oxygen atoms in total. The third kappa shape index (κ3) is 9.74. The molecule has 1 fully saturated rings. The predicted molar refractivity (Wildman–Crippen MR) is 162 cm³/mol. The first-order valence-corrected chi connectivity index (χ1v) is 16.7. The monoisotopic (exact) mass is 544 g/mol. The van der Waals surface area contributed by atoms with E-state index in [4.69, 9.17) is 14.0 Å². The highest BCUT2D eigenvalue weighted by molar-refractivity contribution is 7.64. The maximum atomic E-state index is 10.6. The minimum Gasteiger partial charge on any atom is -0.497 e. The molecule has 2 atom stereocenters. The van der Waals surface area contributed by atoms with E-state index in [9.17, 15) is 4.89 Å². The summed E-state index contributed by atoms with van der Waals surface area (Å²) in [6.45, 7) is 16.3. The number of aryl methyl sites for hydroxylation is 1. The number of methoxy groups -OCH3 is 1. The third-order valence-corrected chi connectivity index (χ3v) is 9.59. The highest BCUT2D eigenvalue weighted by Gasteiger charge is 2.33. The molecule has 0 aliphatic carbocycles. The number of hydrogen-bond donors (Lipinski definition) is 1. The second-order valence-corrected chi connectivity index (χ2v) is 15.0. The first-order chi connectivity index (χ1) is 18.0. The van der Waals surface area contributed by atoms with E-state index in [-0.39, 0.29) is 5.92 Å². The molecule has 0 amide bonds. The van der Waals surface area contributed by atoms with E-state index < -0.39 is 7.72 Å². The normalized spacial score (nSPS) is 17.2. The zero-order valence-electron chi connectivity index (χ0n) is 24.8. The van der Waals surface area contributed by atoms with Gasteiger partial charge in [-0.25, -0.2) is 9.42 Å². The lowest BCUT2D eigenvalue weighted by Crippen LogP contribution is -2.36. The van der Waals surface area contributed by atoms with Crippen molar-refractivity contribution in [2.24, 2.45) is 11.3 Å². The molecule has 0 aromatic heterocycles. The molecule has 1 saturated heterocycles. The van der Waals surface area contributed by atoms with Gasteiger partial charge in [-0.05, 0) is 79.7 Å². The second kappa shape index (κ2) is 14.0. The van der Waals surface area contributed by atoms with Crippen LogP contribution in [0.4, 0.5) is 5.69 Å². The van der Waals surface area contributed by atoms with Crippen molar-refractivity contribution >= 4 is 13.4 Å². The van der Waals surface area contributed by atoms with Crippen molar-refractivity contribution in [1.29, 1.82) is 0 Å². The Morgan fingerprint density at radius 2 is 1.82 bits per heavy atom. The van der Waals surface area contributed by atoms with Gasteiger partial charge in [0, 0.05) is 30.8 Å². The Bertz CT molecular complexity index is 995. The highest BCUT2D eigenvalue weighted by atomic mass is 31.2. The summed E-state index contributed by atoms with van der Waals surface area (Å²) in [7, 11) is -0.574. The van der Waals surface area contributed by atoms with Gasteiger partial charge in [-0.2, -0.15) is 0 Å². The molecular weight excluding hydrogens is 493 g/mol. The molecule has 38 heavy (non-hydrogen) atoms. The molecule has 0 radical (unpaired) electrons. The summed E-state index contributed by atoms with van der Waals surface area (Å²) in [5.74, 6) is 2.62. The van der Waals surface area contributed by atoms with Gasteiger partial charge in [0.05, 0.1) is 20.3 Å². The first-order valence-electron chi connectivity index (χ1n) is 14.4. The van der Waals surface area contributed by atoms with Crippen LogP contribution in [-0.2, 0) is 10.9 Å². The standard InChI is InChI=1S/C32H51NO4P/c1-8-37-38(7,34)24-25(2)28-11-9-13-30(21-28)36-23-26-16-19-33(20-17-26)31-22-29(35-6)15-14-27(31)12-10-18-32(3,4)5/h9,11,13-15,21-22,25-26,34H,8,10,12,16-20,23-24H2,1-7H3/q+1/t25-,38?/m0/s1. The zero-order chi connectivity index (χ0) is 27.8. The minimum absolute atomic E-state index is 0.220. The zero-order valence-corrected chi connectivity index (χ0v) is 25.7. The smallest absolute Gasteiger partial charge is 0.269 e. The molecular formula is C32H51NO4P+. The van der Waals surface area contributed by atoms with E-state index >= 15 is 0 Å². The lowest BCUT2D eigenvalue weighted by molar-refractivity contribution is 0.222. The molecule has 1 unspecified atom stereocenters. The van der Waals surface area contributed by atoms with Crippen LogP contribution in [0.2, 0.25) is 0 Å². The molecule has 0 bridgehead atoms. The molecule has 1 N–H and O–H groups in total. The average molecular weight is 545 g/mol. The Morgan fingerprint density at radius 1 is 1.08 bits per heavy atom. The van der Waals surface area contributed by atoms with Gasteiger partial charge in [0.25, 0.3) is 7.72 Å². The number of anilines is 1. The maximum Gasteiger partial charge on any atom is 0.269 e. The van der Waals surface area contributed by atoms with Gasteiger partial charge < -0.3 is 14.4 Å². The van der Waals surface area contributed by atoms with E-state index in [2.05, 4.69) is 69.0 Å². The SMILES string of the molecule is CCO[P+](C)(O)C[C@H](C)c1cccc(OCC2CCN(c3cc(OC)ccc3CCCC(C)(C)C)CC2)c1. The summed E-state index contributed by atoms with van der Waals surface area (Å²) in [5.41, 5.74) is 4.33. The summed E-state index contributed by atoms with van der Waals surface area (Å²) in [4.78, 5) is 13.1. The molecule has 3 rings (SSSR count). The van der Waals surface area contributed by atoms with E-state index in [0.29, 0.717) is 24.1 Å². The third-order valence-electron chi connectivity index (χ3n) is 7.55. The van der Waals surface area contributed by atoms with Crippen LogP contribution in [0.15, 0.2) is 42.5 Å². The largest absolute Gasteiger partial charge is 0.497 e. The van der Waals surface area contributed by atoms with E-state index in [1.54, 1.807) is 7.11 Å². The Morgan fingerprint density at radius 3 is 2.47 bits per heavy atom. The Labute approximate surface area is 232 Å². The van der Waals surface area contributed by atoms with Crippen LogP contribution in [0, 0.1) is 11.3 Å². The van der Waals surface area contributed by atoms with Gasteiger partial charge in [0.2, 0.25) is 0 Å². The Balaban J connectivity index is 1.54. The predicted octanol–water partition coefficient (Wildman–Crippen LogP) is 7.97. The number of rotatable bonds is 13. The van der Waals surface area contributed by atoms with Crippen LogP contribution in [-0.4, -0.2) is 51.1 Å². The number of ether oxygens (including phenoxy) is 2. The Kier molecular flexibility index (Phi) is 11.3. The second-order valence-electron chi connectivity index (χ2n) is 12.3. The van der Waals surface area contributed by atoms with E-state index in [1.807, 2.05) is 19.7 Å². The van der Waals surface area contributed by atoms with Crippen molar-refractivity contribution in [1.82, 2.24) is 0 Å². The van der Waals surface area contributed by atoms with Crippen LogP contribution in [0.1, 0.15) is 77.3 Å². The topological polar surface area (TPSA) is 51.2 Å². The fourth-order valence-corrected chi connectivity index (χ4v) is 7.28. The van der Waals surface area contributed by atoms with Gasteiger partial charge in [0.1, 0.15) is 24.3 Å².